The summed E-state index contributed by atoms with van der Waals surface area (Å²) in [5, 5.41) is 13.2. The van der Waals surface area contributed by atoms with Crippen LogP contribution in [0.2, 0.25) is 5.02 Å². The number of nitriles is 1. The number of hydrogen-bond acceptors (Lipinski definition) is 6. The van der Waals surface area contributed by atoms with Gasteiger partial charge in [-0.05, 0) is 61.0 Å². The highest BCUT2D eigenvalue weighted by molar-refractivity contribution is 6.31. The Bertz CT molecular complexity index is 1260. The fraction of sp³-hybridized carbons (Fsp3) is 0.120. The van der Waals surface area contributed by atoms with Gasteiger partial charge >= 0.3 is 0 Å². The molecule has 160 valence electrons. The molecule has 4 aromatic rings. The van der Waals surface area contributed by atoms with E-state index in [1.54, 1.807) is 7.11 Å². The van der Waals surface area contributed by atoms with Gasteiger partial charge in [0.05, 0.1) is 7.11 Å². The first-order chi connectivity index (χ1) is 15.6. The van der Waals surface area contributed by atoms with Gasteiger partial charge in [-0.25, -0.2) is 0 Å². The van der Waals surface area contributed by atoms with Crippen LogP contribution in [0.5, 0.6) is 17.2 Å². The molecule has 6 nitrogen and oxygen atoms in total. The molecule has 0 aliphatic heterocycles. The molecule has 1 N–H and O–H groups in total. The lowest BCUT2D eigenvalue weighted by molar-refractivity contribution is 0.415. The summed E-state index contributed by atoms with van der Waals surface area (Å²) >= 11 is 6.15. The number of rotatable bonds is 7. The highest BCUT2D eigenvalue weighted by Gasteiger charge is 2.14. The van der Waals surface area contributed by atoms with E-state index in [4.69, 9.17) is 25.5 Å². The van der Waals surface area contributed by atoms with Gasteiger partial charge in [0.15, 0.2) is 0 Å². The minimum Gasteiger partial charge on any atom is -0.497 e. The van der Waals surface area contributed by atoms with Gasteiger partial charge in [-0.1, -0.05) is 29.8 Å². The van der Waals surface area contributed by atoms with E-state index in [1.165, 1.54) is 0 Å². The molecule has 0 bridgehead atoms. The van der Waals surface area contributed by atoms with Crippen LogP contribution in [0.25, 0.3) is 11.5 Å². The Morgan fingerprint density at radius 3 is 2.44 bits per heavy atom. The Morgan fingerprint density at radius 1 is 1.03 bits per heavy atom. The Morgan fingerprint density at radius 2 is 1.75 bits per heavy atom. The lowest BCUT2D eigenvalue weighted by Crippen LogP contribution is -2.00. The van der Waals surface area contributed by atoms with Crippen molar-refractivity contribution >= 4 is 17.5 Å². The normalized spacial score (nSPS) is 10.4. The topological polar surface area (TPSA) is 80.3 Å². The van der Waals surface area contributed by atoms with Crippen LogP contribution in [0.4, 0.5) is 5.88 Å². The van der Waals surface area contributed by atoms with Crippen LogP contribution in [-0.2, 0) is 6.54 Å². The predicted molar refractivity (Wildman–Crippen MR) is 123 cm³/mol. The number of ether oxygens (including phenoxy) is 2. The Kier molecular flexibility index (Phi) is 6.29. The quantitative estimate of drug-likeness (QED) is 0.345. The van der Waals surface area contributed by atoms with Crippen LogP contribution in [0.3, 0.4) is 0 Å². The molecule has 0 atom stereocenters. The van der Waals surface area contributed by atoms with Gasteiger partial charge in [0.2, 0.25) is 17.5 Å². The molecule has 0 amide bonds. The van der Waals surface area contributed by atoms with Crippen molar-refractivity contribution in [2.45, 2.75) is 13.5 Å². The second kappa shape index (κ2) is 9.46. The van der Waals surface area contributed by atoms with E-state index >= 15 is 0 Å². The average Bonchev–Trinajstić information content (AvgIpc) is 3.25. The van der Waals surface area contributed by atoms with Crippen molar-refractivity contribution in [1.29, 1.82) is 5.26 Å². The number of methoxy groups -OCH3 is 1. The maximum absolute atomic E-state index is 9.42. The van der Waals surface area contributed by atoms with Gasteiger partial charge in [-0.2, -0.15) is 10.2 Å². The van der Waals surface area contributed by atoms with Crippen LogP contribution in [-0.4, -0.2) is 12.1 Å². The molecule has 32 heavy (non-hydrogen) atoms. The first-order valence-electron chi connectivity index (χ1n) is 9.88. The molecule has 0 aliphatic rings. The van der Waals surface area contributed by atoms with Gasteiger partial charge in [0, 0.05) is 22.7 Å². The van der Waals surface area contributed by atoms with E-state index in [0.29, 0.717) is 29.1 Å². The monoisotopic (exact) mass is 445 g/mol. The van der Waals surface area contributed by atoms with Gasteiger partial charge < -0.3 is 19.2 Å². The molecular weight excluding hydrogens is 426 g/mol. The van der Waals surface area contributed by atoms with Crippen LogP contribution in [0.15, 0.2) is 71.1 Å². The minimum absolute atomic E-state index is 0.201. The standard InChI is InChI=1S/C25H20ClN3O3/c1-16-21(26)4-3-5-23(16)31-20-10-6-17(7-11-20)15-28-25-22(14-27)29-24(32-25)18-8-12-19(30-2)13-9-18/h3-13,28H,15H2,1-2H3. The van der Waals surface area contributed by atoms with Crippen LogP contribution in [0.1, 0.15) is 16.8 Å². The summed E-state index contributed by atoms with van der Waals surface area (Å²) in [6.45, 7) is 2.38. The zero-order valence-corrected chi connectivity index (χ0v) is 18.3. The summed E-state index contributed by atoms with van der Waals surface area (Å²) in [7, 11) is 1.60. The summed E-state index contributed by atoms with van der Waals surface area (Å²) in [6, 6.07) is 22.6. The molecule has 0 unspecified atom stereocenters. The predicted octanol–water partition coefficient (Wildman–Crippen LogP) is 6.59. The molecule has 0 spiro atoms. The van der Waals surface area contributed by atoms with E-state index in [0.717, 1.165) is 28.2 Å². The Labute approximate surface area is 191 Å². The largest absolute Gasteiger partial charge is 0.497 e. The number of oxazole rings is 1. The number of halogens is 1. The van der Waals surface area contributed by atoms with Crippen LogP contribution in [0, 0.1) is 18.3 Å². The first-order valence-corrected chi connectivity index (χ1v) is 10.3. The third-order valence-corrected chi connectivity index (χ3v) is 5.30. The first kappa shape index (κ1) is 21.3. The maximum atomic E-state index is 9.42. The molecule has 1 heterocycles. The fourth-order valence-electron chi connectivity index (χ4n) is 3.06. The number of hydrogen-bond donors (Lipinski definition) is 1. The van der Waals surface area contributed by atoms with Crippen molar-refractivity contribution in [3.8, 4) is 34.8 Å². The zero-order valence-electron chi connectivity index (χ0n) is 17.6. The Hall–Kier alpha value is -3.95. The summed E-state index contributed by atoms with van der Waals surface area (Å²) in [6.07, 6.45) is 0. The number of nitrogens with one attached hydrogen (secondary N) is 1. The third-order valence-electron chi connectivity index (χ3n) is 4.89. The van der Waals surface area contributed by atoms with Crippen molar-refractivity contribution in [3.63, 3.8) is 0 Å². The second-order valence-electron chi connectivity index (χ2n) is 7.00. The number of anilines is 1. The molecule has 4 rings (SSSR count). The molecule has 0 aliphatic carbocycles. The number of benzene rings is 3. The molecule has 0 saturated carbocycles. The third kappa shape index (κ3) is 4.69. The maximum Gasteiger partial charge on any atom is 0.232 e. The van der Waals surface area contributed by atoms with Crippen molar-refractivity contribution in [2.24, 2.45) is 0 Å². The molecule has 0 radical (unpaired) electrons. The zero-order chi connectivity index (χ0) is 22.5. The average molecular weight is 446 g/mol. The van der Waals surface area contributed by atoms with E-state index in [-0.39, 0.29) is 5.69 Å². The summed E-state index contributed by atoms with van der Waals surface area (Å²) in [5.74, 6) is 2.85. The van der Waals surface area contributed by atoms with Crippen molar-refractivity contribution < 1.29 is 13.9 Å². The molecule has 0 saturated heterocycles. The highest BCUT2D eigenvalue weighted by atomic mass is 35.5. The fourth-order valence-corrected chi connectivity index (χ4v) is 3.22. The molecule has 1 aromatic heterocycles. The smallest absolute Gasteiger partial charge is 0.232 e. The van der Waals surface area contributed by atoms with Crippen molar-refractivity contribution in [3.05, 3.63) is 88.6 Å². The van der Waals surface area contributed by atoms with Crippen molar-refractivity contribution in [2.75, 3.05) is 12.4 Å². The van der Waals surface area contributed by atoms with Gasteiger partial charge in [0.25, 0.3) is 0 Å². The molecule has 3 aromatic carbocycles. The van der Waals surface area contributed by atoms with Crippen molar-refractivity contribution in [1.82, 2.24) is 4.98 Å². The van der Waals surface area contributed by atoms with Crippen LogP contribution < -0.4 is 14.8 Å². The summed E-state index contributed by atoms with van der Waals surface area (Å²) < 4.78 is 16.9. The van der Waals surface area contributed by atoms with Gasteiger partial charge in [-0.15, -0.1) is 0 Å². The number of nitrogens with zero attached hydrogens (tertiary/aromatic N) is 2. The van der Waals surface area contributed by atoms with Gasteiger partial charge in [0.1, 0.15) is 23.3 Å². The lowest BCUT2D eigenvalue weighted by atomic mass is 10.2. The lowest BCUT2D eigenvalue weighted by Gasteiger charge is -2.10. The number of aromatic nitrogens is 1. The van der Waals surface area contributed by atoms with E-state index in [2.05, 4.69) is 16.4 Å². The summed E-state index contributed by atoms with van der Waals surface area (Å²) in [4.78, 5) is 4.28. The van der Waals surface area contributed by atoms with Crippen LogP contribution >= 0.6 is 11.6 Å². The SMILES string of the molecule is COc1ccc(-c2nc(C#N)c(NCc3ccc(Oc4cccc(Cl)c4C)cc3)o2)cc1. The van der Waals surface area contributed by atoms with Gasteiger partial charge in [-0.3, -0.25) is 0 Å². The molecule has 7 heteroatoms. The van der Waals surface area contributed by atoms with E-state index in [9.17, 15) is 5.26 Å². The molecule has 0 fully saturated rings. The Balaban J connectivity index is 1.43. The highest BCUT2D eigenvalue weighted by Crippen LogP contribution is 2.30. The van der Waals surface area contributed by atoms with E-state index in [1.807, 2.05) is 73.7 Å². The second-order valence-corrected chi connectivity index (χ2v) is 7.41. The minimum atomic E-state index is 0.201. The summed E-state index contributed by atoms with van der Waals surface area (Å²) in [5.41, 5.74) is 2.84. The van der Waals surface area contributed by atoms with E-state index < -0.39 is 0 Å². The molecular formula is C25H20ClN3O3.